The Kier molecular flexibility index (Phi) is 7.00. The van der Waals surface area contributed by atoms with E-state index < -0.39 is 17.8 Å². The number of esters is 1. The van der Waals surface area contributed by atoms with E-state index in [0.29, 0.717) is 12.4 Å². The summed E-state index contributed by atoms with van der Waals surface area (Å²) in [6.45, 7) is 4.08. The lowest BCUT2D eigenvalue weighted by molar-refractivity contribution is -0.136. The van der Waals surface area contributed by atoms with Crippen molar-refractivity contribution in [1.82, 2.24) is 4.90 Å². The molecule has 2 rings (SSSR count). The fraction of sp³-hybridized carbons (Fsp3) is 0.421. The summed E-state index contributed by atoms with van der Waals surface area (Å²) in [7, 11) is 1.20. The highest BCUT2D eigenvalue weighted by Crippen LogP contribution is 2.30. The van der Waals surface area contributed by atoms with Crippen LogP contribution in [0.1, 0.15) is 24.2 Å². The van der Waals surface area contributed by atoms with Crippen LogP contribution >= 0.6 is 0 Å². The Labute approximate surface area is 162 Å². The van der Waals surface area contributed by atoms with Crippen LogP contribution in [0, 0.1) is 5.92 Å². The van der Waals surface area contributed by atoms with Gasteiger partial charge in [0.1, 0.15) is 11.4 Å². The lowest BCUT2D eigenvalue weighted by Crippen LogP contribution is -2.31. The van der Waals surface area contributed by atoms with Gasteiger partial charge in [0.05, 0.1) is 43.7 Å². The zero-order valence-electron chi connectivity index (χ0n) is 16.0. The first-order valence-corrected chi connectivity index (χ1v) is 8.77. The van der Waals surface area contributed by atoms with Crippen molar-refractivity contribution >= 4 is 23.5 Å². The number of carbonyl (C=O) groups excluding carboxylic acids is 2. The van der Waals surface area contributed by atoms with Crippen molar-refractivity contribution in [2.24, 2.45) is 5.92 Å². The predicted octanol–water partition coefficient (Wildman–Crippen LogP) is 1.09. The molecular weight excluding hydrogens is 368 g/mol. The zero-order chi connectivity index (χ0) is 20.8. The molecule has 0 unspecified atom stereocenters. The van der Waals surface area contributed by atoms with E-state index >= 15 is 0 Å². The van der Waals surface area contributed by atoms with Crippen LogP contribution in [0.15, 0.2) is 29.5 Å². The molecule has 0 spiro atoms. The van der Waals surface area contributed by atoms with Gasteiger partial charge in [-0.3, -0.25) is 4.79 Å². The van der Waals surface area contributed by atoms with Crippen LogP contribution < -0.4 is 10.1 Å². The molecule has 0 atom stereocenters. The van der Waals surface area contributed by atoms with Crippen molar-refractivity contribution in [3.63, 3.8) is 0 Å². The van der Waals surface area contributed by atoms with E-state index in [0.717, 1.165) is 0 Å². The van der Waals surface area contributed by atoms with Gasteiger partial charge in [-0.15, -0.1) is 0 Å². The molecule has 1 aromatic carbocycles. The van der Waals surface area contributed by atoms with Crippen LogP contribution in [0.4, 0.5) is 5.69 Å². The number of rotatable bonds is 9. The van der Waals surface area contributed by atoms with Crippen molar-refractivity contribution in [1.29, 1.82) is 0 Å². The number of hydrogen-bond acceptors (Lipinski definition) is 7. The Balaban J connectivity index is 2.43. The van der Waals surface area contributed by atoms with E-state index in [2.05, 4.69) is 5.32 Å². The number of nitrogens with zero attached hydrogens (tertiary/aromatic N) is 1. The second kappa shape index (κ2) is 9.23. The maximum atomic E-state index is 12.7. The summed E-state index contributed by atoms with van der Waals surface area (Å²) in [5.41, 5.74) is 0.308. The van der Waals surface area contributed by atoms with E-state index in [1.807, 2.05) is 13.8 Å². The summed E-state index contributed by atoms with van der Waals surface area (Å²) in [6.07, 6.45) is 0. The second-order valence-corrected chi connectivity index (χ2v) is 6.64. The number of nitrogens with one attached hydrogen (secondary N) is 1. The van der Waals surface area contributed by atoms with Gasteiger partial charge < -0.3 is 29.9 Å². The molecule has 152 valence electrons. The average molecular weight is 392 g/mol. The molecule has 9 nitrogen and oxygen atoms in total. The lowest BCUT2D eigenvalue weighted by atomic mass is 10.1. The Bertz CT molecular complexity index is 801. The molecule has 1 aliphatic rings. The average Bonchev–Trinajstić information content (AvgIpc) is 2.96. The maximum absolute atomic E-state index is 12.7. The third-order valence-electron chi connectivity index (χ3n) is 4.01. The van der Waals surface area contributed by atoms with Gasteiger partial charge in [0.15, 0.2) is 0 Å². The van der Waals surface area contributed by atoms with Crippen molar-refractivity contribution in [3.8, 4) is 5.75 Å². The molecule has 1 heterocycles. The zero-order valence-corrected chi connectivity index (χ0v) is 16.0. The molecule has 0 fully saturated rings. The lowest BCUT2D eigenvalue weighted by Gasteiger charge is -2.17. The highest BCUT2D eigenvalue weighted by atomic mass is 16.5. The Morgan fingerprint density at radius 1 is 1.32 bits per heavy atom. The molecule has 1 aromatic rings. The molecule has 0 radical (unpaired) electrons. The third-order valence-corrected chi connectivity index (χ3v) is 4.01. The van der Waals surface area contributed by atoms with Crippen LogP contribution in [0.5, 0.6) is 5.75 Å². The van der Waals surface area contributed by atoms with Crippen molar-refractivity contribution in [2.75, 3.05) is 38.7 Å². The van der Waals surface area contributed by atoms with Gasteiger partial charge in [0.25, 0.3) is 5.91 Å². The van der Waals surface area contributed by atoms with Crippen LogP contribution in [0.25, 0.3) is 0 Å². The van der Waals surface area contributed by atoms with E-state index in [-0.39, 0.29) is 48.1 Å². The molecule has 0 saturated heterocycles. The predicted molar refractivity (Wildman–Crippen MR) is 100 cm³/mol. The number of aliphatic hydroxyl groups is 1. The van der Waals surface area contributed by atoms with Gasteiger partial charge in [0, 0.05) is 6.54 Å². The largest absolute Gasteiger partial charge is 0.491 e. The quantitative estimate of drug-likeness (QED) is 0.534. The first-order valence-electron chi connectivity index (χ1n) is 8.77. The first kappa shape index (κ1) is 21.2. The molecule has 0 aliphatic carbocycles. The minimum Gasteiger partial charge on any atom is -0.491 e. The van der Waals surface area contributed by atoms with Crippen LogP contribution in [0.2, 0.25) is 0 Å². The molecule has 1 aliphatic heterocycles. The molecule has 0 bridgehead atoms. The number of ether oxygens (including phenoxy) is 2. The summed E-state index contributed by atoms with van der Waals surface area (Å²) in [5, 5.41) is 21.2. The number of β-amino-alcohol motifs (C(OH)–C–C–N with tert-alkyl or cyclic N) is 1. The fourth-order valence-electron chi connectivity index (χ4n) is 2.63. The summed E-state index contributed by atoms with van der Waals surface area (Å²) >= 11 is 0. The van der Waals surface area contributed by atoms with Crippen LogP contribution in [-0.2, 0) is 14.3 Å². The Morgan fingerprint density at radius 2 is 2.04 bits per heavy atom. The van der Waals surface area contributed by atoms with Gasteiger partial charge in [-0.05, 0) is 24.1 Å². The van der Waals surface area contributed by atoms with Gasteiger partial charge in [-0.2, -0.15) is 0 Å². The third kappa shape index (κ3) is 4.80. The topological polar surface area (TPSA) is 125 Å². The number of methoxy groups -OCH3 is 1. The van der Waals surface area contributed by atoms with Crippen molar-refractivity contribution in [3.05, 3.63) is 35.0 Å². The number of aliphatic hydroxyl groups excluding tert-OH is 1. The monoisotopic (exact) mass is 392 g/mol. The van der Waals surface area contributed by atoms with Gasteiger partial charge >= 0.3 is 11.9 Å². The van der Waals surface area contributed by atoms with E-state index in [4.69, 9.17) is 14.6 Å². The second-order valence-electron chi connectivity index (χ2n) is 6.64. The number of hydrogen-bond donors (Lipinski definition) is 3. The number of anilines is 1. The van der Waals surface area contributed by atoms with Gasteiger partial charge in [-0.25, -0.2) is 9.59 Å². The molecule has 28 heavy (non-hydrogen) atoms. The summed E-state index contributed by atoms with van der Waals surface area (Å²) < 4.78 is 10.5. The SMILES string of the molecule is COC(=O)C1=C(Nc2cc(C(=O)O)ccc2OCC(C)C)C(=O)N(CCO)C1. The molecule has 1 amide bonds. The molecule has 0 aromatic heterocycles. The minimum absolute atomic E-state index is 0.00252. The van der Waals surface area contributed by atoms with Gasteiger partial charge in [-0.1, -0.05) is 13.8 Å². The van der Waals surface area contributed by atoms with Gasteiger partial charge in [0.2, 0.25) is 0 Å². The number of carboxylic acid groups (broad SMARTS) is 1. The van der Waals surface area contributed by atoms with E-state index in [1.165, 1.54) is 30.2 Å². The number of carboxylic acids is 1. The summed E-state index contributed by atoms with van der Waals surface area (Å²) in [6, 6.07) is 4.23. The Hall–Kier alpha value is -3.07. The summed E-state index contributed by atoms with van der Waals surface area (Å²) in [5.74, 6) is -1.74. The van der Waals surface area contributed by atoms with Crippen LogP contribution in [-0.4, -0.2) is 66.4 Å². The highest BCUT2D eigenvalue weighted by molar-refractivity contribution is 6.08. The molecule has 3 N–H and O–H groups in total. The smallest absolute Gasteiger partial charge is 0.337 e. The number of amides is 1. The van der Waals surface area contributed by atoms with E-state index in [9.17, 15) is 19.5 Å². The highest BCUT2D eigenvalue weighted by Gasteiger charge is 2.35. The van der Waals surface area contributed by atoms with Crippen LogP contribution in [0.3, 0.4) is 0 Å². The number of benzene rings is 1. The first-order chi connectivity index (χ1) is 13.3. The Morgan fingerprint density at radius 3 is 2.61 bits per heavy atom. The molecular formula is C19H24N2O7. The number of aromatic carboxylic acids is 1. The van der Waals surface area contributed by atoms with Crippen molar-refractivity contribution in [2.45, 2.75) is 13.8 Å². The number of carbonyl (C=O) groups is 3. The summed E-state index contributed by atoms with van der Waals surface area (Å²) in [4.78, 5) is 37.4. The maximum Gasteiger partial charge on any atom is 0.337 e. The fourth-order valence-corrected chi connectivity index (χ4v) is 2.63. The standard InChI is InChI=1S/C19H24N2O7/c1-11(2)10-28-15-5-4-12(18(24)25)8-14(15)20-16-13(19(26)27-3)9-21(6-7-22)17(16)23/h4-5,8,11,20,22H,6-7,9-10H2,1-3H3,(H,24,25). The minimum atomic E-state index is -1.14. The van der Waals surface area contributed by atoms with Crippen molar-refractivity contribution < 1.29 is 34.1 Å². The normalized spacial score (nSPS) is 13.9. The molecule has 0 saturated carbocycles. The van der Waals surface area contributed by atoms with E-state index in [1.54, 1.807) is 0 Å². The molecule has 9 heteroatoms.